The molecule has 1 aromatic carbocycles. The third-order valence-electron chi connectivity index (χ3n) is 6.50. The summed E-state index contributed by atoms with van der Waals surface area (Å²) in [4.78, 5) is 11.5. The van der Waals surface area contributed by atoms with Gasteiger partial charge in [0.15, 0.2) is 5.82 Å². The molecule has 0 aliphatic carbocycles. The first-order valence-electron chi connectivity index (χ1n) is 11.3. The lowest BCUT2D eigenvalue weighted by Crippen LogP contribution is -2.49. The Bertz CT molecular complexity index is 1070. The molecule has 4 heterocycles. The maximum absolute atomic E-state index is 14.4. The number of nitrogens with zero attached hydrogens (tertiary/aromatic N) is 7. The second-order valence-electron chi connectivity index (χ2n) is 8.57. The molecule has 10 heteroatoms. The van der Waals surface area contributed by atoms with Gasteiger partial charge in [0, 0.05) is 18.8 Å². The summed E-state index contributed by atoms with van der Waals surface area (Å²) in [6, 6.07) is 7.17. The Labute approximate surface area is 186 Å². The Morgan fingerprint density at radius 3 is 2.91 bits per heavy atom. The van der Waals surface area contributed by atoms with Crippen LogP contribution in [-0.2, 0) is 0 Å². The van der Waals surface area contributed by atoms with Crippen molar-refractivity contribution in [1.82, 2.24) is 35.1 Å². The third kappa shape index (κ3) is 4.40. The largest absolute Gasteiger partial charge is 0.370 e. The van der Waals surface area contributed by atoms with Crippen molar-refractivity contribution in [3.05, 3.63) is 42.1 Å². The van der Waals surface area contributed by atoms with Crippen LogP contribution in [0.1, 0.15) is 37.9 Å². The number of tetrazole rings is 1. The van der Waals surface area contributed by atoms with E-state index in [1.165, 1.54) is 51.3 Å². The van der Waals surface area contributed by atoms with Crippen molar-refractivity contribution in [3.8, 4) is 5.69 Å². The van der Waals surface area contributed by atoms with Crippen molar-refractivity contribution in [2.24, 2.45) is 5.92 Å². The van der Waals surface area contributed by atoms with Crippen LogP contribution in [0.4, 0.5) is 21.8 Å². The smallest absolute Gasteiger partial charge is 0.229 e. The van der Waals surface area contributed by atoms with Gasteiger partial charge in [0.05, 0.1) is 11.4 Å². The van der Waals surface area contributed by atoms with Crippen LogP contribution < -0.4 is 10.6 Å². The van der Waals surface area contributed by atoms with E-state index in [-0.39, 0.29) is 5.69 Å². The average Bonchev–Trinajstić information content (AvgIpc) is 3.25. The van der Waals surface area contributed by atoms with E-state index in [1.807, 2.05) is 6.07 Å². The SMILES string of the molecule is Cc1nnnn1-c1ccc(F)c(Nc2nccc(NCC3CCCN4CCCC[C@H]34)n2)c1. The number of nitrogens with one attached hydrogen (secondary N) is 2. The van der Waals surface area contributed by atoms with E-state index in [2.05, 4.69) is 41.0 Å². The zero-order chi connectivity index (χ0) is 21.9. The van der Waals surface area contributed by atoms with Gasteiger partial charge in [-0.1, -0.05) is 6.42 Å². The Kier molecular flexibility index (Phi) is 5.93. The molecule has 0 saturated carbocycles. The second kappa shape index (κ2) is 9.15. The molecule has 9 nitrogen and oxygen atoms in total. The van der Waals surface area contributed by atoms with Crippen molar-refractivity contribution >= 4 is 17.5 Å². The molecule has 0 bridgehead atoms. The minimum Gasteiger partial charge on any atom is -0.370 e. The van der Waals surface area contributed by atoms with Crippen molar-refractivity contribution in [2.45, 2.75) is 45.1 Å². The van der Waals surface area contributed by atoms with Gasteiger partial charge in [0.25, 0.3) is 0 Å². The third-order valence-corrected chi connectivity index (χ3v) is 6.50. The van der Waals surface area contributed by atoms with E-state index in [0.717, 1.165) is 12.4 Å². The molecule has 1 unspecified atom stereocenters. The number of benzene rings is 1. The van der Waals surface area contributed by atoms with Crippen LogP contribution in [-0.4, -0.2) is 60.8 Å². The minimum atomic E-state index is -0.402. The standard InChI is InChI=1S/C22H28FN9/c1-15-28-29-30-32(15)17-7-8-18(23)19(13-17)26-22-24-10-9-21(27-22)25-14-16-5-4-12-31-11-3-2-6-20(16)31/h7-10,13,16,20H,2-6,11-12,14H2,1H3,(H2,24,25,26,27)/t16?,20-/m1/s1. The topological polar surface area (TPSA) is 96.7 Å². The van der Waals surface area contributed by atoms with Crippen LogP contribution in [0.15, 0.2) is 30.5 Å². The number of aromatic nitrogens is 6. The number of aryl methyl sites for hydroxylation is 1. The van der Waals surface area contributed by atoms with Crippen molar-refractivity contribution in [1.29, 1.82) is 0 Å². The molecule has 2 fully saturated rings. The molecular weight excluding hydrogens is 409 g/mol. The van der Waals surface area contributed by atoms with Crippen molar-refractivity contribution in [2.75, 3.05) is 30.3 Å². The fourth-order valence-corrected chi connectivity index (χ4v) is 4.90. The Morgan fingerprint density at radius 2 is 2.03 bits per heavy atom. The summed E-state index contributed by atoms with van der Waals surface area (Å²) in [6.07, 6.45) is 8.13. The molecule has 2 aliphatic heterocycles. The Morgan fingerprint density at radius 1 is 1.12 bits per heavy atom. The van der Waals surface area contributed by atoms with Gasteiger partial charge < -0.3 is 15.5 Å². The Balaban J connectivity index is 1.27. The molecule has 168 valence electrons. The van der Waals surface area contributed by atoms with Crippen LogP contribution in [0.25, 0.3) is 5.69 Å². The molecule has 32 heavy (non-hydrogen) atoms. The van der Waals surface area contributed by atoms with Crippen LogP contribution in [0.2, 0.25) is 0 Å². The highest BCUT2D eigenvalue weighted by Crippen LogP contribution is 2.31. The lowest BCUT2D eigenvalue weighted by Gasteiger charge is -2.44. The molecule has 0 spiro atoms. The van der Waals surface area contributed by atoms with Gasteiger partial charge >= 0.3 is 0 Å². The highest BCUT2D eigenvalue weighted by atomic mass is 19.1. The monoisotopic (exact) mass is 437 g/mol. The fourth-order valence-electron chi connectivity index (χ4n) is 4.90. The van der Waals surface area contributed by atoms with E-state index < -0.39 is 5.82 Å². The number of fused-ring (bicyclic) bond motifs is 1. The summed E-state index contributed by atoms with van der Waals surface area (Å²) in [5, 5.41) is 17.9. The van der Waals surface area contributed by atoms with Gasteiger partial charge in [-0.2, -0.15) is 9.67 Å². The molecule has 0 radical (unpaired) electrons. The van der Waals surface area contributed by atoms with Crippen LogP contribution in [0.3, 0.4) is 0 Å². The normalized spacial score (nSPS) is 21.2. The first-order valence-corrected chi connectivity index (χ1v) is 11.3. The summed E-state index contributed by atoms with van der Waals surface area (Å²) in [5.74, 6) is 1.92. The number of rotatable bonds is 6. The molecule has 2 saturated heterocycles. The predicted molar refractivity (Wildman–Crippen MR) is 120 cm³/mol. The second-order valence-corrected chi connectivity index (χ2v) is 8.57. The van der Waals surface area contributed by atoms with Crippen LogP contribution in [0, 0.1) is 18.7 Å². The number of halogens is 1. The number of hydrogen-bond acceptors (Lipinski definition) is 8. The van der Waals surface area contributed by atoms with E-state index >= 15 is 0 Å². The zero-order valence-corrected chi connectivity index (χ0v) is 18.2. The molecule has 2 N–H and O–H groups in total. The first kappa shape index (κ1) is 20.7. The first-order chi connectivity index (χ1) is 15.7. The summed E-state index contributed by atoms with van der Waals surface area (Å²) < 4.78 is 16.0. The van der Waals surface area contributed by atoms with Gasteiger partial charge in [-0.15, -0.1) is 5.10 Å². The number of anilines is 3. The molecular formula is C22H28FN9. The molecule has 0 amide bonds. The summed E-state index contributed by atoms with van der Waals surface area (Å²) in [5.41, 5.74) is 0.916. The van der Waals surface area contributed by atoms with Gasteiger partial charge in [-0.05, 0) is 86.3 Å². The van der Waals surface area contributed by atoms with Gasteiger partial charge in [0.1, 0.15) is 11.6 Å². The maximum Gasteiger partial charge on any atom is 0.229 e. The quantitative estimate of drug-likeness (QED) is 0.606. The predicted octanol–water partition coefficient (Wildman–Crippen LogP) is 3.32. The molecule has 5 rings (SSSR count). The summed E-state index contributed by atoms with van der Waals surface area (Å²) >= 11 is 0. The van der Waals surface area contributed by atoms with Crippen LogP contribution in [0.5, 0.6) is 0 Å². The molecule has 2 aromatic heterocycles. The summed E-state index contributed by atoms with van der Waals surface area (Å²) in [6.45, 7) is 5.14. The molecule has 2 atom stereocenters. The van der Waals surface area contributed by atoms with Gasteiger partial charge in [0.2, 0.25) is 5.95 Å². The molecule has 2 aliphatic rings. The van der Waals surface area contributed by atoms with E-state index in [1.54, 1.807) is 29.9 Å². The van der Waals surface area contributed by atoms with E-state index in [0.29, 0.717) is 29.4 Å². The number of hydrogen-bond donors (Lipinski definition) is 2. The van der Waals surface area contributed by atoms with Crippen molar-refractivity contribution < 1.29 is 4.39 Å². The maximum atomic E-state index is 14.4. The van der Waals surface area contributed by atoms with Gasteiger partial charge in [-0.3, -0.25) is 0 Å². The highest BCUT2D eigenvalue weighted by Gasteiger charge is 2.32. The molecule has 3 aromatic rings. The number of piperidine rings is 2. The van der Waals surface area contributed by atoms with Crippen molar-refractivity contribution in [3.63, 3.8) is 0 Å². The van der Waals surface area contributed by atoms with E-state index in [4.69, 9.17) is 0 Å². The fraction of sp³-hybridized carbons (Fsp3) is 0.500. The summed E-state index contributed by atoms with van der Waals surface area (Å²) in [7, 11) is 0. The Hall–Kier alpha value is -3.14. The lowest BCUT2D eigenvalue weighted by molar-refractivity contribution is 0.0649. The zero-order valence-electron chi connectivity index (χ0n) is 18.2. The lowest BCUT2D eigenvalue weighted by atomic mass is 9.83. The highest BCUT2D eigenvalue weighted by molar-refractivity contribution is 5.59. The van der Waals surface area contributed by atoms with E-state index in [9.17, 15) is 4.39 Å². The minimum absolute atomic E-state index is 0.264. The van der Waals surface area contributed by atoms with Crippen LogP contribution >= 0.6 is 0 Å². The van der Waals surface area contributed by atoms with Gasteiger partial charge in [-0.25, -0.2) is 9.37 Å². The average molecular weight is 438 g/mol.